The summed E-state index contributed by atoms with van der Waals surface area (Å²) in [5.41, 5.74) is 3.25. The first-order chi connectivity index (χ1) is 9.61. The van der Waals surface area contributed by atoms with Crippen LogP contribution in [0.2, 0.25) is 0 Å². The molecular formula is C16H21NO2S. The van der Waals surface area contributed by atoms with Crippen molar-refractivity contribution in [3.63, 3.8) is 0 Å². The molecule has 0 radical (unpaired) electrons. The molecule has 2 N–H and O–H groups in total. The van der Waals surface area contributed by atoms with Gasteiger partial charge in [-0.05, 0) is 47.9 Å². The summed E-state index contributed by atoms with van der Waals surface area (Å²) < 4.78 is 5.43. The second-order valence-electron chi connectivity index (χ2n) is 4.95. The maximum atomic E-state index is 10.1. The minimum atomic E-state index is -0.472. The van der Waals surface area contributed by atoms with Crippen LogP contribution in [0.1, 0.15) is 35.8 Å². The number of ether oxygens (including phenoxy) is 1. The van der Waals surface area contributed by atoms with Gasteiger partial charge in [0.25, 0.3) is 0 Å². The molecule has 2 rings (SSSR count). The van der Waals surface area contributed by atoms with Crippen LogP contribution in [0.5, 0.6) is 5.75 Å². The van der Waals surface area contributed by atoms with Crippen LogP contribution < -0.4 is 10.1 Å². The maximum absolute atomic E-state index is 10.1. The Kier molecular flexibility index (Phi) is 5.17. The molecule has 0 aliphatic rings. The van der Waals surface area contributed by atoms with Crippen LogP contribution in [0.4, 0.5) is 0 Å². The molecule has 2 atom stereocenters. The fourth-order valence-electron chi connectivity index (χ4n) is 2.16. The SMILES string of the molecule is COc1cc(C)ccc1C(C)NCC(O)c1ccsc1. The van der Waals surface area contributed by atoms with Gasteiger partial charge in [-0.2, -0.15) is 11.3 Å². The van der Waals surface area contributed by atoms with E-state index >= 15 is 0 Å². The predicted molar refractivity (Wildman–Crippen MR) is 83.4 cm³/mol. The zero-order valence-corrected chi connectivity index (χ0v) is 12.9. The van der Waals surface area contributed by atoms with Crippen molar-refractivity contribution in [1.29, 1.82) is 0 Å². The van der Waals surface area contributed by atoms with E-state index in [2.05, 4.69) is 24.4 Å². The molecule has 0 aliphatic carbocycles. The Morgan fingerprint density at radius 1 is 1.35 bits per heavy atom. The van der Waals surface area contributed by atoms with Crippen LogP contribution in [0.3, 0.4) is 0 Å². The molecule has 0 saturated heterocycles. The van der Waals surface area contributed by atoms with Gasteiger partial charge >= 0.3 is 0 Å². The molecule has 0 saturated carbocycles. The van der Waals surface area contributed by atoms with Gasteiger partial charge in [-0.3, -0.25) is 0 Å². The van der Waals surface area contributed by atoms with E-state index in [4.69, 9.17) is 4.74 Å². The highest BCUT2D eigenvalue weighted by Crippen LogP contribution is 2.26. The normalized spacial score (nSPS) is 14.0. The number of aliphatic hydroxyl groups is 1. The first-order valence-electron chi connectivity index (χ1n) is 6.70. The van der Waals surface area contributed by atoms with Crippen LogP contribution >= 0.6 is 11.3 Å². The molecule has 108 valence electrons. The van der Waals surface area contributed by atoms with Gasteiger partial charge in [0.05, 0.1) is 13.2 Å². The molecule has 0 aliphatic heterocycles. The number of rotatable bonds is 6. The van der Waals surface area contributed by atoms with Crippen molar-refractivity contribution in [2.75, 3.05) is 13.7 Å². The fraction of sp³-hybridized carbons (Fsp3) is 0.375. The maximum Gasteiger partial charge on any atom is 0.123 e. The zero-order valence-electron chi connectivity index (χ0n) is 12.1. The van der Waals surface area contributed by atoms with Crippen molar-refractivity contribution in [2.45, 2.75) is 26.0 Å². The molecule has 1 aromatic heterocycles. The summed E-state index contributed by atoms with van der Waals surface area (Å²) in [5.74, 6) is 0.884. The highest BCUT2D eigenvalue weighted by molar-refractivity contribution is 7.07. The van der Waals surface area contributed by atoms with Gasteiger partial charge in [0, 0.05) is 18.2 Å². The Balaban J connectivity index is 2.00. The van der Waals surface area contributed by atoms with Gasteiger partial charge in [-0.1, -0.05) is 12.1 Å². The molecule has 4 heteroatoms. The Morgan fingerprint density at radius 3 is 2.80 bits per heavy atom. The molecule has 2 aromatic rings. The minimum Gasteiger partial charge on any atom is -0.496 e. The summed E-state index contributed by atoms with van der Waals surface area (Å²) in [6, 6.07) is 8.25. The topological polar surface area (TPSA) is 41.5 Å². The Bertz CT molecular complexity index is 539. The Morgan fingerprint density at radius 2 is 2.15 bits per heavy atom. The highest BCUT2D eigenvalue weighted by Gasteiger charge is 2.14. The van der Waals surface area contributed by atoms with Crippen LogP contribution in [0.15, 0.2) is 35.0 Å². The van der Waals surface area contributed by atoms with E-state index < -0.39 is 6.10 Å². The summed E-state index contributed by atoms with van der Waals surface area (Å²) in [7, 11) is 1.69. The van der Waals surface area contributed by atoms with Crippen molar-refractivity contribution in [3.05, 3.63) is 51.7 Å². The van der Waals surface area contributed by atoms with Crippen molar-refractivity contribution >= 4 is 11.3 Å². The minimum absolute atomic E-state index is 0.124. The van der Waals surface area contributed by atoms with Crippen LogP contribution in [-0.2, 0) is 0 Å². The number of benzene rings is 1. The summed E-state index contributed by atoms with van der Waals surface area (Å²) in [5, 5.41) is 17.4. The lowest BCUT2D eigenvalue weighted by Crippen LogP contribution is -2.24. The van der Waals surface area contributed by atoms with Gasteiger partial charge in [0.1, 0.15) is 5.75 Å². The molecule has 1 aromatic carbocycles. The third-order valence-electron chi connectivity index (χ3n) is 3.40. The van der Waals surface area contributed by atoms with Crippen LogP contribution in [0, 0.1) is 6.92 Å². The van der Waals surface area contributed by atoms with Crippen molar-refractivity contribution < 1.29 is 9.84 Å². The van der Waals surface area contributed by atoms with E-state index in [-0.39, 0.29) is 6.04 Å². The molecule has 0 spiro atoms. The molecule has 20 heavy (non-hydrogen) atoms. The second-order valence-corrected chi connectivity index (χ2v) is 5.73. The third kappa shape index (κ3) is 3.60. The lowest BCUT2D eigenvalue weighted by molar-refractivity contribution is 0.171. The van der Waals surface area contributed by atoms with E-state index in [0.717, 1.165) is 16.9 Å². The number of aliphatic hydroxyl groups excluding tert-OH is 1. The number of aryl methyl sites for hydroxylation is 1. The highest BCUT2D eigenvalue weighted by atomic mass is 32.1. The average molecular weight is 291 g/mol. The van der Waals surface area contributed by atoms with Gasteiger partial charge in [-0.15, -0.1) is 0 Å². The van der Waals surface area contributed by atoms with E-state index in [1.807, 2.05) is 29.8 Å². The molecular weight excluding hydrogens is 270 g/mol. The molecule has 2 unspecified atom stereocenters. The van der Waals surface area contributed by atoms with Gasteiger partial charge in [-0.25, -0.2) is 0 Å². The number of hydrogen-bond donors (Lipinski definition) is 2. The molecule has 0 fully saturated rings. The smallest absolute Gasteiger partial charge is 0.123 e. The number of thiophene rings is 1. The first kappa shape index (κ1) is 15.0. The largest absolute Gasteiger partial charge is 0.496 e. The third-order valence-corrected chi connectivity index (χ3v) is 4.10. The van der Waals surface area contributed by atoms with Gasteiger partial charge < -0.3 is 15.2 Å². The quantitative estimate of drug-likeness (QED) is 0.856. The molecule has 3 nitrogen and oxygen atoms in total. The molecule has 0 amide bonds. The standard InChI is InChI=1S/C16H21NO2S/c1-11-4-5-14(16(8-11)19-3)12(2)17-9-15(18)13-6-7-20-10-13/h4-8,10,12,15,17-18H,9H2,1-3H3. The van der Waals surface area contributed by atoms with Crippen molar-refractivity contribution in [3.8, 4) is 5.75 Å². The Labute approximate surface area is 124 Å². The lowest BCUT2D eigenvalue weighted by Gasteiger charge is -2.19. The van der Waals surface area contributed by atoms with Crippen molar-refractivity contribution in [2.24, 2.45) is 0 Å². The monoisotopic (exact) mass is 291 g/mol. The molecule has 0 bridgehead atoms. The zero-order chi connectivity index (χ0) is 14.5. The van der Waals surface area contributed by atoms with Gasteiger partial charge in [0.15, 0.2) is 0 Å². The van der Waals surface area contributed by atoms with E-state index in [0.29, 0.717) is 6.54 Å². The second kappa shape index (κ2) is 6.88. The number of nitrogens with one attached hydrogen (secondary N) is 1. The van der Waals surface area contributed by atoms with Crippen LogP contribution in [-0.4, -0.2) is 18.8 Å². The van der Waals surface area contributed by atoms with E-state index in [1.54, 1.807) is 18.4 Å². The van der Waals surface area contributed by atoms with Crippen molar-refractivity contribution in [1.82, 2.24) is 5.32 Å². The summed E-state index contributed by atoms with van der Waals surface area (Å²) in [6.07, 6.45) is -0.472. The first-order valence-corrected chi connectivity index (χ1v) is 7.64. The van der Waals surface area contributed by atoms with Gasteiger partial charge in [0.2, 0.25) is 0 Å². The summed E-state index contributed by atoms with van der Waals surface area (Å²) in [4.78, 5) is 0. The average Bonchev–Trinajstić information content (AvgIpc) is 2.98. The van der Waals surface area contributed by atoms with E-state index in [1.165, 1.54) is 5.56 Å². The van der Waals surface area contributed by atoms with Crippen LogP contribution in [0.25, 0.3) is 0 Å². The summed E-state index contributed by atoms with van der Waals surface area (Å²) >= 11 is 1.60. The number of hydrogen-bond acceptors (Lipinski definition) is 4. The van der Waals surface area contributed by atoms with E-state index in [9.17, 15) is 5.11 Å². The fourth-order valence-corrected chi connectivity index (χ4v) is 2.86. The predicted octanol–water partition coefficient (Wildman–Crippen LogP) is 3.45. The lowest BCUT2D eigenvalue weighted by atomic mass is 10.0. The number of methoxy groups -OCH3 is 1. The molecule has 1 heterocycles. The Hall–Kier alpha value is -1.36. The summed E-state index contributed by atoms with van der Waals surface area (Å²) in [6.45, 7) is 4.65.